The monoisotopic (exact) mass is 304 g/mol. The summed E-state index contributed by atoms with van der Waals surface area (Å²) in [6, 6.07) is 2.31. The van der Waals surface area contributed by atoms with Crippen LogP contribution in [0.4, 0.5) is 5.82 Å². The predicted octanol–water partition coefficient (Wildman–Crippen LogP) is 3.08. The van der Waals surface area contributed by atoms with Crippen molar-refractivity contribution in [2.45, 2.75) is 76.4 Å². The summed E-state index contributed by atoms with van der Waals surface area (Å²) in [4.78, 5) is 9.19. The van der Waals surface area contributed by atoms with Gasteiger partial charge in [0, 0.05) is 29.1 Å². The molecule has 2 N–H and O–H groups in total. The van der Waals surface area contributed by atoms with Crippen LogP contribution < -0.4 is 15.4 Å². The van der Waals surface area contributed by atoms with Crippen molar-refractivity contribution in [1.82, 2.24) is 15.3 Å². The van der Waals surface area contributed by atoms with Gasteiger partial charge in [-0.2, -0.15) is 4.98 Å². The van der Waals surface area contributed by atoms with E-state index in [4.69, 9.17) is 9.72 Å². The number of aromatic nitrogens is 2. The van der Waals surface area contributed by atoms with E-state index in [9.17, 15) is 0 Å². The number of hydrogen-bond donors (Lipinski definition) is 2. The lowest BCUT2D eigenvalue weighted by Crippen LogP contribution is -2.60. The Morgan fingerprint density at radius 2 is 1.77 bits per heavy atom. The molecule has 0 unspecified atom stereocenters. The summed E-state index contributed by atoms with van der Waals surface area (Å²) >= 11 is 0. The predicted molar refractivity (Wildman–Crippen MR) is 88.5 cm³/mol. The van der Waals surface area contributed by atoms with Gasteiger partial charge in [0.1, 0.15) is 11.6 Å². The van der Waals surface area contributed by atoms with Crippen LogP contribution in [-0.4, -0.2) is 34.2 Å². The van der Waals surface area contributed by atoms with Crippen molar-refractivity contribution in [3.63, 3.8) is 0 Å². The number of nitrogens with zero attached hydrogens (tertiary/aromatic N) is 2. The Morgan fingerprint density at radius 1 is 1.14 bits per heavy atom. The maximum absolute atomic E-state index is 5.34. The number of rotatable bonds is 4. The zero-order valence-corrected chi connectivity index (χ0v) is 14.4. The fourth-order valence-corrected chi connectivity index (χ4v) is 3.78. The van der Waals surface area contributed by atoms with Gasteiger partial charge in [-0.05, 0) is 53.4 Å². The highest BCUT2D eigenvalue weighted by Crippen LogP contribution is 2.39. The molecule has 1 saturated carbocycles. The van der Waals surface area contributed by atoms with Crippen LogP contribution in [-0.2, 0) is 0 Å². The molecular formula is C17H28N4O. The summed E-state index contributed by atoms with van der Waals surface area (Å²) in [6.07, 6.45) is 4.53. The second-order valence-corrected chi connectivity index (χ2v) is 8.07. The summed E-state index contributed by atoms with van der Waals surface area (Å²) in [5, 5.41) is 7.33. The minimum Gasteiger partial charge on any atom is -0.481 e. The highest BCUT2D eigenvalue weighted by molar-refractivity contribution is 5.41. The standard InChI is InChI=1S/C17H28N4O/c1-16(2)9-12(10-17(3,4)21-16)18-13-8-14(22-5)20-15(19-13)11-6-7-11/h8,11-12,21H,6-7,9-10H2,1-5H3,(H,18,19,20). The van der Waals surface area contributed by atoms with Crippen molar-refractivity contribution in [3.05, 3.63) is 11.9 Å². The van der Waals surface area contributed by atoms with Crippen LogP contribution >= 0.6 is 0 Å². The van der Waals surface area contributed by atoms with Crippen molar-refractivity contribution in [2.75, 3.05) is 12.4 Å². The first-order chi connectivity index (χ1) is 10.3. The number of piperidine rings is 1. The lowest BCUT2D eigenvalue weighted by Gasteiger charge is -2.46. The fourth-order valence-electron chi connectivity index (χ4n) is 3.78. The number of anilines is 1. The molecule has 0 amide bonds. The molecule has 1 aliphatic heterocycles. The van der Waals surface area contributed by atoms with E-state index in [2.05, 4.69) is 43.3 Å². The van der Waals surface area contributed by atoms with Crippen molar-refractivity contribution >= 4 is 5.82 Å². The molecule has 5 nitrogen and oxygen atoms in total. The average molecular weight is 304 g/mol. The van der Waals surface area contributed by atoms with Crippen molar-refractivity contribution in [3.8, 4) is 5.88 Å². The third kappa shape index (κ3) is 3.69. The SMILES string of the molecule is COc1cc(NC2CC(C)(C)NC(C)(C)C2)nc(C2CC2)n1. The van der Waals surface area contributed by atoms with Gasteiger partial charge in [0.2, 0.25) is 5.88 Å². The normalized spacial score (nSPS) is 24.0. The fraction of sp³-hybridized carbons (Fsp3) is 0.765. The highest BCUT2D eigenvalue weighted by atomic mass is 16.5. The van der Waals surface area contributed by atoms with Gasteiger partial charge in [-0.1, -0.05) is 0 Å². The Morgan fingerprint density at radius 3 is 2.32 bits per heavy atom. The van der Waals surface area contributed by atoms with Crippen LogP contribution in [0.5, 0.6) is 5.88 Å². The first kappa shape index (κ1) is 15.5. The van der Waals surface area contributed by atoms with Crippen LogP contribution in [0.1, 0.15) is 65.1 Å². The molecule has 2 fully saturated rings. The van der Waals surface area contributed by atoms with E-state index < -0.39 is 0 Å². The zero-order chi connectivity index (χ0) is 16.0. The van der Waals surface area contributed by atoms with E-state index >= 15 is 0 Å². The quantitative estimate of drug-likeness (QED) is 0.895. The van der Waals surface area contributed by atoms with Gasteiger partial charge in [-0.25, -0.2) is 4.98 Å². The molecule has 122 valence electrons. The van der Waals surface area contributed by atoms with Crippen molar-refractivity contribution in [1.29, 1.82) is 0 Å². The smallest absolute Gasteiger partial charge is 0.218 e. The minimum atomic E-state index is 0.121. The van der Waals surface area contributed by atoms with Gasteiger partial charge in [-0.3, -0.25) is 0 Å². The number of hydrogen-bond acceptors (Lipinski definition) is 5. The van der Waals surface area contributed by atoms with E-state index in [0.717, 1.165) is 24.5 Å². The van der Waals surface area contributed by atoms with Gasteiger partial charge < -0.3 is 15.4 Å². The molecule has 1 aliphatic carbocycles. The molecule has 5 heteroatoms. The van der Waals surface area contributed by atoms with E-state index in [1.807, 2.05) is 6.07 Å². The molecule has 1 aromatic heterocycles. The first-order valence-electron chi connectivity index (χ1n) is 8.25. The molecule has 0 bridgehead atoms. The lowest BCUT2D eigenvalue weighted by molar-refractivity contribution is 0.170. The molecule has 0 atom stereocenters. The largest absolute Gasteiger partial charge is 0.481 e. The topological polar surface area (TPSA) is 59.1 Å². The van der Waals surface area contributed by atoms with E-state index in [1.54, 1.807) is 7.11 Å². The van der Waals surface area contributed by atoms with E-state index in [0.29, 0.717) is 17.8 Å². The summed E-state index contributed by atoms with van der Waals surface area (Å²) < 4.78 is 5.34. The minimum absolute atomic E-state index is 0.121. The van der Waals surface area contributed by atoms with Crippen LogP contribution in [0.2, 0.25) is 0 Å². The molecule has 2 heterocycles. The van der Waals surface area contributed by atoms with Gasteiger partial charge in [-0.15, -0.1) is 0 Å². The third-order valence-electron chi connectivity index (χ3n) is 4.41. The molecule has 3 rings (SSSR count). The Labute approximate surface area is 133 Å². The lowest BCUT2D eigenvalue weighted by atomic mass is 9.79. The Kier molecular flexibility index (Phi) is 3.79. The Bertz CT molecular complexity index is 536. The van der Waals surface area contributed by atoms with Gasteiger partial charge in [0.25, 0.3) is 0 Å². The summed E-state index contributed by atoms with van der Waals surface area (Å²) in [7, 11) is 1.67. The van der Waals surface area contributed by atoms with E-state index in [-0.39, 0.29) is 11.1 Å². The number of methoxy groups -OCH3 is 1. The first-order valence-corrected chi connectivity index (χ1v) is 8.25. The number of ether oxygens (including phenoxy) is 1. The van der Waals surface area contributed by atoms with Crippen LogP contribution in [0, 0.1) is 0 Å². The average Bonchev–Trinajstić information content (AvgIpc) is 3.18. The van der Waals surface area contributed by atoms with Gasteiger partial charge in [0.05, 0.1) is 7.11 Å². The Balaban J connectivity index is 1.78. The van der Waals surface area contributed by atoms with Crippen LogP contribution in [0.3, 0.4) is 0 Å². The molecule has 0 spiro atoms. The van der Waals surface area contributed by atoms with E-state index in [1.165, 1.54) is 12.8 Å². The van der Waals surface area contributed by atoms with Crippen molar-refractivity contribution < 1.29 is 4.74 Å². The molecular weight excluding hydrogens is 276 g/mol. The van der Waals surface area contributed by atoms with Crippen LogP contribution in [0.25, 0.3) is 0 Å². The zero-order valence-electron chi connectivity index (χ0n) is 14.4. The molecule has 22 heavy (non-hydrogen) atoms. The number of nitrogens with one attached hydrogen (secondary N) is 2. The second-order valence-electron chi connectivity index (χ2n) is 8.07. The maximum atomic E-state index is 5.34. The molecule has 1 aromatic rings. The second kappa shape index (κ2) is 5.37. The third-order valence-corrected chi connectivity index (χ3v) is 4.41. The van der Waals surface area contributed by atoms with Crippen LogP contribution in [0.15, 0.2) is 6.07 Å². The highest BCUT2D eigenvalue weighted by Gasteiger charge is 2.38. The Hall–Kier alpha value is -1.36. The summed E-state index contributed by atoms with van der Waals surface area (Å²) in [5.41, 5.74) is 0.242. The van der Waals surface area contributed by atoms with Gasteiger partial charge in [0.15, 0.2) is 0 Å². The molecule has 2 aliphatic rings. The molecule has 1 saturated heterocycles. The summed E-state index contributed by atoms with van der Waals surface area (Å²) in [5.74, 6) is 3.00. The summed E-state index contributed by atoms with van der Waals surface area (Å²) in [6.45, 7) is 9.05. The molecule has 0 aromatic carbocycles. The van der Waals surface area contributed by atoms with Crippen molar-refractivity contribution in [2.24, 2.45) is 0 Å². The maximum Gasteiger partial charge on any atom is 0.218 e. The molecule has 0 radical (unpaired) electrons. The van der Waals surface area contributed by atoms with Gasteiger partial charge >= 0.3 is 0 Å².